The minimum absolute atomic E-state index is 0.139. The van der Waals surface area contributed by atoms with Crippen molar-refractivity contribution in [3.63, 3.8) is 0 Å². The number of aromatic nitrogens is 2. The van der Waals surface area contributed by atoms with E-state index >= 15 is 0 Å². The normalized spacial score (nSPS) is 15.8. The Morgan fingerprint density at radius 3 is 2.48 bits per heavy atom. The van der Waals surface area contributed by atoms with Crippen LogP contribution in [0, 0.1) is 0 Å². The summed E-state index contributed by atoms with van der Waals surface area (Å²) < 4.78 is 5.37. The lowest BCUT2D eigenvalue weighted by molar-refractivity contribution is -0.130. The average Bonchev–Trinajstić information content (AvgIpc) is 3.04. The Labute approximate surface area is 136 Å². The molecule has 0 radical (unpaired) electrons. The van der Waals surface area contributed by atoms with Gasteiger partial charge in [0.2, 0.25) is 17.6 Å². The summed E-state index contributed by atoms with van der Waals surface area (Å²) >= 11 is 0. The van der Waals surface area contributed by atoms with Crippen LogP contribution in [0.3, 0.4) is 0 Å². The van der Waals surface area contributed by atoms with E-state index in [9.17, 15) is 4.79 Å². The van der Waals surface area contributed by atoms with Crippen molar-refractivity contribution in [1.82, 2.24) is 19.9 Å². The van der Waals surface area contributed by atoms with Crippen LogP contribution in [0.1, 0.15) is 25.3 Å². The van der Waals surface area contributed by atoms with Gasteiger partial charge in [0, 0.05) is 38.7 Å². The molecule has 1 amide bonds. The van der Waals surface area contributed by atoms with E-state index in [2.05, 4.69) is 34.1 Å². The Bertz CT molecular complexity index is 657. The molecule has 0 unspecified atom stereocenters. The molecule has 6 nitrogen and oxygen atoms in total. The predicted molar refractivity (Wildman–Crippen MR) is 86.6 cm³/mol. The van der Waals surface area contributed by atoms with E-state index in [1.54, 1.807) is 6.92 Å². The van der Waals surface area contributed by atoms with Gasteiger partial charge in [-0.25, -0.2) is 0 Å². The molecule has 1 aliphatic heterocycles. The molecule has 1 fully saturated rings. The van der Waals surface area contributed by atoms with Gasteiger partial charge in [0.1, 0.15) is 0 Å². The molecule has 0 N–H and O–H groups in total. The third kappa shape index (κ3) is 3.76. The van der Waals surface area contributed by atoms with Gasteiger partial charge in [0.25, 0.3) is 0 Å². The number of hydrogen-bond acceptors (Lipinski definition) is 5. The lowest BCUT2D eigenvalue weighted by atomic mass is 10.1. The number of hydrogen-bond donors (Lipinski definition) is 0. The van der Waals surface area contributed by atoms with Crippen LogP contribution in [-0.4, -0.2) is 52.0 Å². The molecular formula is C17H22N4O2. The first-order valence-electron chi connectivity index (χ1n) is 8.05. The molecule has 0 aliphatic carbocycles. The second kappa shape index (κ2) is 6.91. The van der Waals surface area contributed by atoms with Gasteiger partial charge in [-0.05, 0) is 12.0 Å². The first-order valence-corrected chi connectivity index (χ1v) is 8.05. The largest absolute Gasteiger partial charge is 0.340 e. The summed E-state index contributed by atoms with van der Waals surface area (Å²) in [7, 11) is 0. The van der Waals surface area contributed by atoms with Crippen LogP contribution in [0.5, 0.6) is 0 Å². The van der Waals surface area contributed by atoms with Crippen molar-refractivity contribution >= 4 is 5.91 Å². The van der Waals surface area contributed by atoms with E-state index in [1.165, 1.54) is 5.56 Å². The number of carbonyl (C=O) groups excluding carboxylic acids is 1. The zero-order chi connectivity index (χ0) is 16.2. The number of carbonyl (C=O) groups is 1. The van der Waals surface area contributed by atoms with Gasteiger partial charge >= 0.3 is 0 Å². The third-order valence-corrected chi connectivity index (χ3v) is 4.26. The van der Waals surface area contributed by atoms with E-state index < -0.39 is 0 Å². The molecule has 2 aromatic rings. The summed E-state index contributed by atoms with van der Waals surface area (Å²) in [5, 5.41) is 4.07. The zero-order valence-corrected chi connectivity index (χ0v) is 13.7. The number of rotatable bonds is 4. The highest BCUT2D eigenvalue weighted by atomic mass is 16.5. The minimum atomic E-state index is 0.139. The molecule has 1 saturated heterocycles. The number of piperazine rings is 1. The molecule has 0 bridgehead atoms. The van der Waals surface area contributed by atoms with Gasteiger partial charge in [-0.1, -0.05) is 36.3 Å². The van der Waals surface area contributed by atoms with Crippen molar-refractivity contribution in [2.24, 2.45) is 0 Å². The molecule has 6 heteroatoms. The van der Waals surface area contributed by atoms with Gasteiger partial charge < -0.3 is 9.42 Å². The molecule has 23 heavy (non-hydrogen) atoms. The van der Waals surface area contributed by atoms with Crippen LogP contribution in [0.4, 0.5) is 0 Å². The Balaban J connectivity index is 1.60. The molecule has 0 spiro atoms. The maximum atomic E-state index is 11.3. The Hall–Kier alpha value is -2.21. The molecular weight excluding hydrogens is 292 g/mol. The van der Waals surface area contributed by atoms with E-state index in [-0.39, 0.29) is 5.91 Å². The fourth-order valence-corrected chi connectivity index (χ4v) is 2.74. The number of aryl methyl sites for hydroxylation is 1. The summed E-state index contributed by atoms with van der Waals surface area (Å²) in [5.41, 5.74) is 2.26. The second-order valence-electron chi connectivity index (χ2n) is 5.84. The molecule has 1 aromatic heterocycles. The summed E-state index contributed by atoms with van der Waals surface area (Å²) in [4.78, 5) is 19.9. The molecule has 1 aromatic carbocycles. The van der Waals surface area contributed by atoms with Gasteiger partial charge in [-0.3, -0.25) is 9.69 Å². The fourth-order valence-electron chi connectivity index (χ4n) is 2.74. The standard InChI is InChI=1S/C17H22N4O2/c1-3-14-4-6-15(7-5-14)17-18-16(23-19-17)12-20-8-10-21(11-9-20)13(2)22/h4-7H,3,8-12H2,1-2H3. The molecule has 3 rings (SSSR count). The molecule has 2 heterocycles. The predicted octanol–water partition coefficient (Wildman–Crippen LogP) is 1.96. The molecule has 0 saturated carbocycles. The maximum absolute atomic E-state index is 11.3. The maximum Gasteiger partial charge on any atom is 0.241 e. The first-order chi connectivity index (χ1) is 11.2. The van der Waals surface area contributed by atoms with Crippen molar-refractivity contribution < 1.29 is 9.32 Å². The molecule has 1 aliphatic rings. The second-order valence-corrected chi connectivity index (χ2v) is 5.84. The van der Waals surface area contributed by atoms with Crippen molar-refractivity contribution in [1.29, 1.82) is 0 Å². The zero-order valence-electron chi connectivity index (χ0n) is 13.7. The van der Waals surface area contributed by atoms with Gasteiger partial charge in [-0.2, -0.15) is 4.98 Å². The van der Waals surface area contributed by atoms with E-state index in [0.717, 1.165) is 38.2 Å². The van der Waals surface area contributed by atoms with Crippen molar-refractivity contribution in [2.75, 3.05) is 26.2 Å². The van der Waals surface area contributed by atoms with E-state index in [1.807, 2.05) is 17.0 Å². The monoisotopic (exact) mass is 314 g/mol. The van der Waals surface area contributed by atoms with Crippen LogP contribution in [0.25, 0.3) is 11.4 Å². The van der Waals surface area contributed by atoms with Crippen LogP contribution < -0.4 is 0 Å². The average molecular weight is 314 g/mol. The van der Waals surface area contributed by atoms with Gasteiger partial charge in [0.15, 0.2) is 0 Å². The number of nitrogens with zero attached hydrogens (tertiary/aromatic N) is 4. The quantitative estimate of drug-likeness (QED) is 0.863. The first kappa shape index (κ1) is 15.7. The number of benzene rings is 1. The van der Waals surface area contributed by atoms with E-state index in [0.29, 0.717) is 18.3 Å². The van der Waals surface area contributed by atoms with Crippen molar-refractivity contribution in [2.45, 2.75) is 26.8 Å². The highest BCUT2D eigenvalue weighted by Crippen LogP contribution is 2.17. The highest BCUT2D eigenvalue weighted by molar-refractivity contribution is 5.73. The Morgan fingerprint density at radius 2 is 1.87 bits per heavy atom. The summed E-state index contributed by atoms with van der Waals surface area (Å²) in [5.74, 6) is 1.39. The fraction of sp³-hybridized carbons (Fsp3) is 0.471. The molecule has 0 atom stereocenters. The lowest BCUT2D eigenvalue weighted by Gasteiger charge is -2.33. The van der Waals surface area contributed by atoms with Gasteiger partial charge in [-0.15, -0.1) is 0 Å². The molecule has 122 valence electrons. The highest BCUT2D eigenvalue weighted by Gasteiger charge is 2.20. The van der Waals surface area contributed by atoms with Crippen LogP contribution in [0.15, 0.2) is 28.8 Å². The van der Waals surface area contributed by atoms with Crippen LogP contribution in [-0.2, 0) is 17.8 Å². The Morgan fingerprint density at radius 1 is 1.17 bits per heavy atom. The van der Waals surface area contributed by atoms with Crippen molar-refractivity contribution in [3.05, 3.63) is 35.7 Å². The van der Waals surface area contributed by atoms with Crippen LogP contribution >= 0.6 is 0 Å². The number of amides is 1. The topological polar surface area (TPSA) is 62.5 Å². The SMILES string of the molecule is CCc1ccc(-c2noc(CN3CCN(C(C)=O)CC3)n2)cc1. The lowest BCUT2D eigenvalue weighted by Crippen LogP contribution is -2.47. The summed E-state index contributed by atoms with van der Waals surface area (Å²) in [6, 6.07) is 8.23. The summed E-state index contributed by atoms with van der Waals surface area (Å²) in [6.07, 6.45) is 1.02. The summed E-state index contributed by atoms with van der Waals surface area (Å²) in [6.45, 7) is 7.57. The van der Waals surface area contributed by atoms with E-state index in [4.69, 9.17) is 4.52 Å². The van der Waals surface area contributed by atoms with Crippen LogP contribution in [0.2, 0.25) is 0 Å². The third-order valence-electron chi connectivity index (χ3n) is 4.26. The van der Waals surface area contributed by atoms with Crippen molar-refractivity contribution in [3.8, 4) is 11.4 Å². The Kier molecular flexibility index (Phi) is 4.71. The van der Waals surface area contributed by atoms with Gasteiger partial charge in [0.05, 0.1) is 6.54 Å². The minimum Gasteiger partial charge on any atom is -0.340 e. The smallest absolute Gasteiger partial charge is 0.241 e.